The lowest BCUT2D eigenvalue weighted by molar-refractivity contribution is -0.149. The van der Waals surface area contributed by atoms with Gasteiger partial charge < -0.3 is 23.6 Å². The molecule has 0 spiro atoms. The molecular weight excluding hydrogens is 391 g/mol. The van der Waals surface area contributed by atoms with Crippen LogP contribution in [0.1, 0.15) is 20.3 Å². The molecule has 0 aromatic carbocycles. The number of rotatable bonds is 9. The quantitative estimate of drug-likeness (QED) is 0.346. The minimum absolute atomic E-state index is 0.123. The molecule has 0 saturated heterocycles. The van der Waals surface area contributed by atoms with Gasteiger partial charge in [0.05, 0.1) is 19.6 Å². The standard InChI is InChI=1S/C10H19O6PS2.CHClO2/c1-5-15-9(11)7-8(10(12)16-6-2)19-17(18,13-3)14-4;2-1(3)4/h8H,5-7H2,1-4H3;(H,3,4). The molecule has 0 bridgehead atoms. The molecule has 0 aliphatic rings. The summed E-state index contributed by atoms with van der Waals surface area (Å²) in [6.07, 6.45) is -0.123. The van der Waals surface area contributed by atoms with Crippen LogP contribution in [0.25, 0.3) is 0 Å². The van der Waals surface area contributed by atoms with Gasteiger partial charge in [0.15, 0.2) is 0 Å². The van der Waals surface area contributed by atoms with E-state index in [1.54, 1.807) is 13.8 Å². The summed E-state index contributed by atoms with van der Waals surface area (Å²) in [5, 5.41) is 6.39. The third-order valence-corrected chi connectivity index (χ3v) is 7.78. The molecule has 0 aromatic rings. The third kappa shape index (κ3) is 13.7. The summed E-state index contributed by atoms with van der Waals surface area (Å²) < 4.78 is 19.9. The van der Waals surface area contributed by atoms with Gasteiger partial charge in [0.25, 0.3) is 0 Å². The first kappa shape index (κ1) is 24.9. The van der Waals surface area contributed by atoms with E-state index in [2.05, 4.69) is 11.6 Å². The molecular formula is C11H20ClO8PS2. The molecule has 0 fully saturated rings. The van der Waals surface area contributed by atoms with E-state index in [1.165, 1.54) is 14.2 Å². The number of esters is 2. The van der Waals surface area contributed by atoms with E-state index in [4.69, 9.17) is 40.2 Å². The molecule has 0 amide bonds. The average Bonchev–Trinajstić information content (AvgIpc) is 2.46. The van der Waals surface area contributed by atoms with Gasteiger partial charge in [-0.1, -0.05) is 11.4 Å². The summed E-state index contributed by atoms with van der Waals surface area (Å²) in [6, 6.07) is 0. The van der Waals surface area contributed by atoms with Crippen molar-refractivity contribution in [3.05, 3.63) is 0 Å². The molecule has 0 heterocycles. The van der Waals surface area contributed by atoms with Crippen LogP contribution in [0.15, 0.2) is 0 Å². The highest BCUT2D eigenvalue weighted by molar-refractivity contribution is 8.68. The SMILES string of the molecule is CCOC(=O)CC(SP(=S)(OC)OC)C(=O)OCC.O=C(O)Cl. The van der Waals surface area contributed by atoms with E-state index in [-0.39, 0.29) is 19.6 Å². The van der Waals surface area contributed by atoms with Crippen molar-refractivity contribution in [2.45, 2.75) is 25.5 Å². The van der Waals surface area contributed by atoms with Crippen LogP contribution in [0.2, 0.25) is 0 Å². The lowest BCUT2D eigenvalue weighted by Crippen LogP contribution is -2.24. The molecule has 0 rings (SSSR count). The average molecular weight is 411 g/mol. The summed E-state index contributed by atoms with van der Waals surface area (Å²) in [5.74, 6) is -1.01. The second-order valence-corrected chi connectivity index (χ2v) is 10.4. The van der Waals surface area contributed by atoms with E-state index in [1.807, 2.05) is 0 Å². The highest BCUT2D eigenvalue weighted by Gasteiger charge is 2.32. The molecule has 1 unspecified atom stereocenters. The number of hydrogen-bond acceptors (Lipinski definition) is 9. The number of ether oxygens (including phenoxy) is 2. The number of hydrogen-bond donors (Lipinski definition) is 1. The van der Waals surface area contributed by atoms with Gasteiger partial charge in [0.1, 0.15) is 5.25 Å². The highest BCUT2D eigenvalue weighted by atomic mass is 35.5. The minimum Gasteiger partial charge on any atom is -0.469 e. The first-order chi connectivity index (χ1) is 10.7. The molecule has 136 valence electrons. The Hall–Kier alpha value is -0.380. The van der Waals surface area contributed by atoms with Gasteiger partial charge in [-0.3, -0.25) is 9.59 Å². The summed E-state index contributed by atoms with van der Waals surface area (Å²) in [7, 11) is 2.81. The molecule has 8 nitrogen and oxygen atoms in total. The van der Waals surface area contributed by atoms with Crippen LogP contribution in [0, 0.1) is 0 Å². The Kier molecular flexibility index (Phi) is 15.1. The van der Waals surface area contributed by atoms with Crippen LogP contribution >= 0.6 is 28.7 Å². The van der Waals surface area contributed by atoms with Crippen molar-refractivity contribution in [1.82, 2.24) is 0 Å². The molecule has 0 aliphatic carbocycles. The first-order valence-corrected chi connectivity index (χ1v) is 10.8. The molecule has 1 atom stereocenters. The van der Waals surface area contributed by atoms with Gasteiger partial charge in [-0.2, -0.15) is 0 Å². The predicted octanol–water partition coefficient (Wildman–Crippen LogP) is 3.03. The van der Waals surface area contributed by atoms with Crippen LogP contribution in [0.4, 0.5) is 4.79 Å². The fourth-order valence-electron chi connectivity index (χ4n) is 1.09. The van der Waals surface area contributed by atoms with Crippen LogP contribution in [0.3, 0.4) is 0 Å². The molecule has 0 aromatic heterocycles. The van der Waals surface area contributed by atoms with Crippen molar-refractivity contribution in [2.24, 2.45) is 0 Å². The lowest BCUT2D eigenvalue weighted by Gasteiger charge is -2.21. The monoisotopic (exact) mass is 410 g/mol. The zero-order valence-corrected chi connectivity index (χ0v) is 16.4. The van der Waals surface area contributed by atoms with E-state index >= 15 is 0 Å². The zero-order valence-electron chi connectivity index (χ0n) is 13.1. The molecule has 1 N–H and O–H groups in total. The summed E-state index contributed by atoms with van der Waals surface area (Å²) >= 11 is 10.4. The van der Waals surface area contributed by atoms with E-state index in [9.17, 15) is 9.59 Å². The van der Waals surface area contributed by atoms with Crippen molar-refractivity contribution < 1.29 is 38.0 Å². The lowest BCUT2D eigenvalue weighted by atomic mass is 10.3. The van der Waals surface area contributed by atoms with E-state index < -0.39 is 28.3 Å². The van der Waals surface area contributed by atoms with Gasteiger partial charge in [0.2, 0.25) is 5.69 Å². The molecule has 0 aliphatic heterocycles. The topological polar surface area (TPSA) is 108 Å². The molecule has 12 heteroatoms. The maximum Gasteiger partial charge on any atom is 0.401 e. The van der Waals surface area contributed by atoms with Gasteiger partial charge in [-0.05, 0) is 25.7 Å². The van der Waals surface area contributed by atoms with Crippen molar-refractivity contribution in [2.75, 3.05) is 27.4 Å². The number of carbonyl (C=O) groups is 3. The van der Waals surface area contributed by atoms with Crippen LogP contribution in [0.5, 0.6) is 0 Å². The minimum atomic E-state index is -2.65. The first-order valence-electron chi connectivity index (χ1n) is 6.26. The maximum atomic E-state index is 11.8. The second-order valence-electron chi connectivity index (χ2n) is 3.42. The number of carboxylic acid groups (broad SMARTS) is 1. The van der Waals surface area contributed by atoms with Crippen LogP contribution in [-0.4, -0.2) is 55.2 Å². The maximum absolute atomic E-state index is 11.8. The van der Waals surface area contributed by atoms with Crippen LogP contribution < -0.4 is 0 Å². The molecule has 23 heavy (non-hydrogen) atoms. The van der Waals surface area contributed by atoms with Crippen molar-refractivity contribution >= 4 is 57.9 Å². The smallest absolute Gasteiger partial charge is 0.401 e. The summed E-state index contributed by atoms with van der Waals surface area (Å²) in [6.45, 7) is 3.86. The Morgan fingerprint density at radius 1 is 1.17 bits per heavy atom. The Bertz CT molecular complexity index is 422. The van der Waals surface area contributed by atoms with Crippen LogP contribution in [-0.2, 0) is 39.9 Å². The fourth-order valence-corrected chi connectivity index (χ4v) is 4.95. The Balaban J connectivity index is 0. The third-order valence-electron chi connectivity index (χ3n) is 1.91. The Labute approximate surface area is 149 Å². The van der Waals surface area contributed by atoms with Gasteiger partial charge in [-0.25, -0.2) is 4.79 Å². The summed E-state index contributed by atoms with van der Waals surface area (Å²) in [4.78, 5) is 32.0. The summed E-state index contributed by atoms with van der Waals surface area (Å²) in [5.41, 5.74) is -4.01. The van der Waals surface area contributed by atoms with E-state index in [0.717, 1.165) is 11.4 Å². The molecule has 0 radical (unpaired) electrons. The van der Waals surface area contributed by atoms with Gasteiger partial charge >= 0.3 is 17.4 Å². The highest BCUT2D eigenvalue weighted by Crippen LogP contribution is 2.62. The van der Waals surface area contributed by atoms with Crippen molar-refractivity contribution in [3.63, 3.8) is 0 Å². The number of carbonyl (C=O) groups excluding carboxylic acids is 2. The normalized spacial score (nSPS) is 11.7. The van der Waals surface area contributed by atoms with Crippen molar-refractivity contribution in [1.29, 1.82) is 0 Å². The zero-order chi connectivity index (χ0) is 18.5. The largest absolute Gasteiger partial charge is 0.469 e. The van der Waals surface area contributed by atoms with Crippen molar-refractivity contribution in [3.8, 4) is 0 Å². The fraction of sp³-hybridized carbons (Fsp3) is 0.727. The predicted molar refractivity (Wildman–Crippen MR) is 91.4 cm³/mol. The van der Waals surface area contributed by atoms with Gasteiger partial charge in [0, 0.05) is 25.8 Å². The Morgan fingerprint density at radius 3 is 1.96 bits per heavy atom. The number of halogens is 1. The van der Waals surface area contributed by atoms with Gasteiger partial charge in [-0.15, -0.1) is 0 Å². The molecule has 0 saturated carbocycles. The Morgan fingerprint density at radius 2 is 1.61 bits per heavy atom. The van der Waals surface area contributed by atoms with E-state index in [0.29, 0.717) is 0 Å². The second kappa shape index (κ2) is 14.0.